The molecule has 2 rings (SSSR count). The Morgan fingerprint density at radius 3 is 2.36 bits per heavy atom. The van der Waals surface area contributed by atoms with Gasteiger partial charge in [0.05, 0.1) is 26.0 Å². The Kier molecular flexibility index (Phi) is 7.38. The number of hydrogen-bond acceptors (Lipinski definition) is 4. The van der Waals surface area contributed by atoms with Crippen LogP contribution < -0.4 is 19.6 Å². The second kappa shape index (κ2) is 9.77. The average molecular weight is 345 g/mol. The molecule has 1 heterocycles. The largest absolute Gasteiger partial charge is 0.497 e. The van der Waals surface area contributed by atoms with E-state index in [1.807, 2.05) is 35.8 Å². The Labute approximate surface area is 149 Å². The van der Waals surface area contributed by atoms with Crippen molar-refractivity contribution in [3.8, 4) is 17.2 Å². The van der Waals surface area contributed by atoms with Crippen LogP contribution in [-0.2, 0) is 6.54 Å². The Hall–Kier alpha value is -2.43. The third kappa shape index (κ3) is 5.55. The molecular formula is C20H27NO4. The van der Waals surface area contributed by atoms with Crippen molar-refractivity contribution in [2.24, 2.45) is 0 Å². The van der Waals surface area contributed by atoms with E-state index in [2.05, 4.69) is 6.92 Å². The molecule has 1 aromatic heterocycles. The van der Waals surface area contributed by atoms with Gasteiger partial charge in [0.1, 0.15) is 18.1 Å². The molecule has 0 N–H and O–H groups in total. The average Bonchev–Trinajstić information content (AvgIpc) is 2.63. The van der Waals surface area contributed by atoms with E-state index >= 15 is 0 Å². The van der Waals surface area contributed by atoms with Crippen molar-refractivity contribution in [3.63, 3.8) is 0 Å². The number of pyridine rings is 1. The maximum absolute atomic E-state index is 12.0. The minimum Gasteiger partial charge on any atom is -0.497 e. The van der Waals surface area contributed by atoms with E-state index in [1.54, 1.807) is 19.4 Å². The van der Waals surface area contributed by atoms with Crippen molar-refractivity contribution in [2.75, 3.05) is 20.3 Å². The van der Waals surface area contributed by atoms with Crippen molar-refractivity contribution in [3.05, 3.63) is 52.4 Å². The van der Waals surface area contributed by atoms with Gasteiger partial charge >= 0.3 is 0 Å². The van der Waals surface area contributed by atoms with Crippen molar-refractivity contribution in [2.45, 2.75) is 39.7 Å². The first-order valence-electron chi connectivity index (χ1n) is 8.75. The number of benzene rings is 1. The van der Waals surface area contributed by atoms with E-state index in [9.17, 15) is 4.79 Å². The minimum absolute atomic E-state index is 0.0682. The van der Waals surface area contributed by atoms with Gasteiger partial charge in [-0.2, -0.15) is 0 Å². The highest BCUT2D eigenvalue weighted by Gasteiger charge is 2.08. The Morgan fingerprint density at radius 2 is 1.68 bits per heavy atom. The third-order valence-electron chi connectivity index (χ3n) is 4.04. The zero-order chi connectivity index (χ0) is 18.1. The van der Waals surface area contributed by atoms with Gasteiger partial charge in [0.2, 0.25) is 5.43 Å². The summed E-state index contributed by atoms with van der Waals surface area (Å²) in [5.74, 6) is 2.03. The fraction of sp³-hybridized carbons (Fsp3) is 0.450. The quantitative estimate of drug-likeness (QED) is 0.614. The second-order valence-electron chi connectivity index (χ2n) is 5.87. The molecule has 136 valence electrons. The number of nitrogens with zero attached hydrogens (tertiary/aromatic N) is 1. The summed E-state index contributed by atoms with van der Waals surface area (Å²) in [5.41, 5.74) is 0.767. The normalized spacial score (nSPS) is 10.5. The van der Waals surface area contributed by atoms with Crippen LogP contribution in [0.3, 0.4) is 0 Å². The van der Waals surface area contributed by atoms with Gasteiger partial charge in [-0.3, -0.25) is 4.79 Å². The predicted molar refractivity (Wildman–Crippen MR) is 98.9 cm³/mol. The Morgan fingerprint density at radius 1 is 0.960 bits per heavy atom. The van der Waals surface area contributed by atoms with Crippen LogP contribution in [0.15, 0.2) is 41.3 Å². The SMILES string of the molecule is CCCCCOc1c(C)n(CCOc2ccc(OC)cc2)ccc1=O. The molecule has 5 nitrogen and oxygen atoms in total. The fourth-order valence-electron chi connectivity index (χ4n) is 2.53. The summed E-state index contributed by atoms with van der Waals surface area (Å²) in [7, 11) is 1.64. The van der Waals surface area contributed by atoms with E-state index in [4.69, 9.17) is 14.2 Å². The molecule has 0 unspecified atom stereocenters. The molecule has 25 heavy (non-hydrogen) atoms. The minimum atomic E-state index is -0.0682. The molecule has 1 aromatic carbocycles. The molecule has 0 saturated carbocycles. The molecular weight excluding hydrogens is 318 g/mol. The van der Waals surface area contributed by atoms with Gasteiger partial charge in [-0.1, -0.05) is 19.8 Å². The molecule has 0 aliphatic rings. The Bertz CT molecular complexity index is 707. The van der Waals surface area contributed by atoms with Gasteiger partial charge in [-0.05, 0) is 37.6 Å². The number of rotatable bonds is 10. The third-order valence-corrected chi connectivity index (χ3v) is 4.04. The summed E-state index contributed by atoms with van der Waals surface area (Å²) in [4.78, 5) is 12.0. The standard InChI is InChI=1S/C20H27NO4/c1-4-5-6-14-25-20-16(2)21(12-11-19(20)22)13-15-24-18-9-7-17(23-3)8-10-18/h7-12H,4-6,13-15H2,1-3H3. The highest BCUT2D eigenvalue weighted by Crippen LogP contribution is 2.17. The van der Waals surface area contributed by atoms with Crippen molar-refractivity contribution in [1.82, 2.24) is 4.57 Å². The molecule has 0 radical (unpaired) electrons. The van der Waals surface area contributed by atoms with E-state index in [0.29, 0.717) is 25.5 Å². The summed E-state index contributed by atoms with van der Waals surface area (Å²) in [6.45, 7) is 5.78. The van der Waals surface area contributed by atoms with Crippen LogP contribution in [0.4, 0.5) is 0 Å². The smallest absolute Gasteiger partial charge is 0.223 e. The lowest BCUT2D eigenvalue weighted by atomic mass is 10.2. The molecule has 0 saturated heterocycles. The highest BCUT2D eigenvalue weighted by atomic mass is 16.5. The van der Waals surface area contributed by atoms with Gasteiger partial charge in [-0.25, -0.2) is 0 Å². The molecule has 0 amide bonds. The van der Waals surface area contributed by atoms with Gasteiger partial charge in [0, 0.05) is 12.3 Å². The van der Waals surface area contributed by atoms with E-state index in [0.717, 1.165) is 36.5 Å². The van der Waals surface area contributed by atoms with Crippen LogP contribution in [0.5, 0.6) is 17.2 Å². The molecule has 0 atom stereocenters. The number of hydrogen-bond donors (Lipinski definition) is 0. The van der Waals surface area contributed by atoms with Crippen molar-refractivity contribution < 1.29 is 14.2 Å². The lowest BCUT2D eigenvalue weighted by Gasteiger charge is -2.15. The molecule has 0 spiro atoms. The molecule has 5 heteroatoms. The summed E-state index contributed by atoms with van der Waals surface area (Å²) < 4.78 is 18.6. The molecule has 0 aliphatic heterocycles. The summed E-state index contributed by atoms with van der Waals surface area (Å²) >= 11 is 0. The zero-order valence-electron chi connectivity index (χ0n) is 15.3. The van der Waals surface area contributed by atoms with Crippen LogP contribution >= 0.6 is 0 Å². The first kappa shape index (κ1) is 18.9. The maximum Gasteiger partial charge on any atom is 0.223 e. The predicted octanol–water partition coefficient (Wildman–Crippen LogP) is 3.81. The molecule has 2 aromatic rings. The van der Waals surface area contributed by atoms with E-state index < -0.39 is 0 Å². The zero-order valence-corrected chi connectivity index (χ0v) is 15.3. The van der Waals surface area contributed by atoms with Gasteiger partial charge < -0.3 is 18.8 Å². The lowest BCUT2D eigenvalue weighted by molar-refractivity contribution is 0.284. The van der Waals surface area contributed by atoms with Crippen LogP contribution in [-0.4, -0.2) is 24.9 Å². The fourth-order valence-corrected chi connectivity index (χ4v) is 2.53. The van der Waals surface area contributed by atoms with Crippen molar-refractivity contribution in [1.29, 1.82) is 0 Å². The molecule has 0 aliphatic carbocycles. The van der Waals surface area contributed by atoms with Gasteiger partial charge in [-0.15, -0.1) is 0 Å². The van der Waals surface area contributed by atoms with Gasteiger partial charge in [0.25, 0.3) is 0 Å². The number of methoxy groups -OCH3 is 1. The number of unbranched alkanes of at least 4 members (excludes halogenated alkanes) is 2. The summed E-state index contributed by atoms with van der Waals surface area (Å²) in [6.07, 6.45) is 4.98. The first-order valence-corrected chi connectivity index (χ1v) is 8.75. The van der Waals surface area contributed by atoms with Crippen LogP contribution in [0.2, 0.25) is 0 Å². The molecule has 0 fully saturated rings. The number of aromatic nitrogens is 1. The second-order valence-corrected chi connectivity index (χ2v) is 5.87. The van der Waals surface area contributed by atoms with Gasteiger partial charge in [0.15, 0.2) is 5.75 Å². The van der Waals surface area contributed by atoms with Crippen LogP contribution in [0.1, 0.15) is 31.9 Å². The first-order chi connectivity index (χ1) is 12.2. The summed E-state index contributed by atoms with van der Waals surface area (Å²) in [6, 6.07) is 9.03. The summed E-state index contributed by atoms with van der Waals surface area (Å²) in [5, 5.41) is 0. The number of ether oxygens (including phenoxy) is 3. The van der Waals surface area contributed by atoms with E-state index in [-0.39, 0.29) is 5.43 Å². The maximum atomic E-state index is 12.0. The lowest BCUT2D eigenvalue weighted by Crippen LogP contribution is -2.17. The van der Waals surface area contributed by atoms with Crippen molar-refractivity contribution >= 4 is 0 Å². The molecule has 0 bridgehead atoms. The highest BCUT2D eigenvalue weighted by molar-refractivity contribution is 5.31. The van der Waals surface area contributed by atoms with Crippen LogP contribution in [0, 0.1) is 6.92 Å². The van der Waals surface area contributed by atoms with Crippen LogP contribution in [0.25, 0.3) is 0 Å². The Balaban J connectivity index is 1.93. The topological polar surface area (TPSA) is 49.7 Å². The monoisotopic (exact) mass is 345 g/mol. The van der Waals surface area contributed by atoms with E-state index in [1.165, 1.54) is 0 Å².